The molecule has 0 saturated heterocycles. The Hall–Kier alpha value is -1.35. The van der Waals surface area contributed by atoms with Crippen molar-refractivity contribution in [3.63, 3.8) is 0 Å². The summed E-state index contributed by atoms with van der Waals surface area (Å²) in [5, 5.41) is 0.351. The standard InChI is InChI=1S/C12H13ClO3/c1-3-16-12(15)8(2)11(14)9-6-4-5-7-10(9)13/h4-8H,3H2,1-2H3. The van der Waals surface area contributed by atoms with E-state index >= 15 is 0 Å². The third-order valence-corrected chi connectivity index (χ3v) is 2.50. The summed E-state index contributed by atoms with van der Waals surface area (Å²) in [5.74, 6) is -1.66. The molecule has 0 aliphatic heterocycles. The van der Waals surface area contributed by atoms with E-state index in [4.69, 9.17) is 16.3 Å². The van der Waals surface area contributed by atoms with Crippen molar-refractivity contribution in [2.75, 3.05) is 6.61 Å². The van der Waals surface area contributed by atoms with Crippen LogP contribution in [0.5, 0.6) is 0 Å². The molecule has 0 aromatic heterocycles. The van der Waals surface area contributed by atoms with Gasteiger partial charge in [0.25, 0.3) is 0 Å². The summed E-state index contributed by atoms with van der Waals surface area (Å²) in [5.41, 5.74) is 0.352. The van der Waals surface area contributed by atoms with Crippen molar-refractivity contribution >= 4 is 23.4 Å². The van der Waals surface area contributed by atoms with Gasteiger partial charge in [-0.2, -0.15) is 0 Å². The number of benzene rings is 1. The normalized spacial score (nSPS) is 11.9. The van der Waals surface area contributed by atoms with Crippen LogP contribution in [0.25, 0.3) is 0 Å². The highest BCUT2D eigenvalue weighted by Gasteiger charge is 2.25. The lowest BCUT2D eigenvalue weighted by atomic mass is 9.99. The van der Waals surface area contributed by atoms with Crippen molar-refractivity contribution in [1.29, 1.82) is 0 Å². The second-order valence-corrected chi connectivity index (χ2v) is 3.73. The van der Waals surface area contributed by atoms with Crippen LogP contribution in [0.1, 0.15) is 24.2 Å². The molecule has 4 heteroatoms. The Morgan fingerprint density at radius 2 is 2.00 bits per heavy atom. The number of carbonyl (C=O) groups excluding carboxylic acids is 2. The summed E-state index contributed by atoms with van der Waals surface area (Å²) < 4.78 is 4.78. The molecule has 0 spiro atoms. The lowest BCUT2D eigenvalue weighted by Gasteiger charge is -2.10. The fourth-order valence-electron chi connectivity index (χ4n) is 1.27. The zero-order chi connectivity index (χ0) is 12.1. The fraction of sp³-hybridized carbons (Fsp3) is 0.333. The van der Waals surface area contributed by atoms with Gasteiger partial charge in [-0.3, -0.25) is 9.59 Å². The van der Waals surface area contributed by atoms with E-state index < -0.39 is 11.9 Å². The van der Waals surface area contributed by atoms with Gasteiger partial charge in [0.2, 0.25) is 0 Å². The number of ketones is 1. The second kappa shape index (κ2) is 5.66. The van der Waals surface area contributed by atoms with Gasteiger partial charge in [-0.15, -0.1) is 0 Å². The van der Waals surface area contributed by atoms with Gasteiger partial charge in [-0.25, -0.2) is 0 Å². The first-order chi connectivity index (χ1) is 7.57. The maximum absolute atomic E-state index is 11.9. The third kappa shape index (κ3) is 2.83. The van der Waals surface area contributed by atoms with Crippen molar-refractivity contribution in [2.45, 2.75) is 13.8 Å². The first-order valence-corrected chi connectivity index (χ1v) is 5.41. The second-order valence-electron chi connectivity index (χ2n) is 3.32. The molecule has 0 amide bonds. The first kappa shape index (κ1) is 12.7. The van der Waals surface area contributed by atoms with Gasteiger partial charge in [-0.1, -0.05) is 23.7 Å². The van der Waals surface area contributed by atoms with Crippen LogP contribution in [-0.2, 0) is 9.53 Å². The molecule has 16 heavy (non-hydrogen) atoms. The Labute approximate surface area is 99.4 Å². The number of ether oxygens (including phenoxy) is 1. The molecule has 0 aliphatic carbocycles. The summed E-state index contributed by atoms with van der Waals surface area (Å²) >= 11 is 5.87. The Morgan fingerprint density at radius 3 is 2.56 bits per heavy atom. The minimum absolute atomic E-state index is 0.263. The number of hydrogen-bond donors (Lipinski definition) is 0. The van der Waals surface area contributed by atoms with E-state index in [0.717, 1.165) is 0 Å². The highest BCUT2D eigenvalue weighted by molar-refractivity contribution is 6.34. The first-order valence-electron chi connectivity index (χ1n) is 5.03. The Bertz CT molecular complexity index is 401. The van der Waals surface area contributed by atoms with Crippen molar-refractivity contribution in [3.8, 4) is 0 Å². The minimum atomic E-state index is -0.820. The Morgan fingerprint density at radius 1 is 1.38 bits per heavy atom. The predicted molar refractivity (Wildman–Crippen MR) is 61.6 cm³/mol. The maximum atomic E-state index is 11.9. The predicted octanol–water partition coefficient (Wildman–Crippen LogP) is 2.72. The van der Waals surface area contributed by atoms with Crippen LogP contribution in [0.4, 0.5) is 0 Å². The third-order valence-electron chi connectivity index (χ3n) is 2.17. The SMILES string of the molecule is CCOC(=O)C(C)C(=O)c1ccccc1Cl. The quantitative estimate of drug-likeness (QED) is 0.462. The molecule has 1 aromatic carbocycles. The number of Topliss-reactive ketones (excluding diaryl/α,β-unsaturated/α-hetero) is 1. The molecule has 86 valence electrons. The molecule has 0 saturated carbocycles. The highest BCUT2D eigenvalue weighted by Crippen LogP contribution is 2.19. The summed E-state index contributed by atoms with van der Waals surface area (Å²) in [6.45, 7) is 3.48. The summed E-state index contributed by atoms with van der Waals surface area (Å²) in [6.07, 6.45) is 0. The average molecular weight is 241 g/mol. The van der Waals surface area contributed by atoms with E-state index in [1.807, 2.05) is 0 Å². The van der Waals surface area contributed by atoms with E-state index in [2.05, 4.69) is 0 Å². The minimum Gasteiger partial charge on any atom is -0.465 e. The lowest BCUT2D eigenvalue weighted by molar-refractivity contribution is -0.145. The van der Waals surface area contributed by atoms with Crippen molar-refractivity contribution in [1.82, 2.24) is 0 Å². The van der Waals surface area contributed by atoms with Gasteiger partial charge in [0.15, 0.2) is 5.78 Å². The van der Waals surface area contributed by atoms with Crippen molar-refractivity contribution in [2.24, 2.45) is 5.92 Å². The van der Waals surface area contributed by atoms with Crippen LogP contribution in [0.3, 0.4) is 0 Å². The molecule has 0 heterocycles. The lowest BCUT2D eigenvalue weighted by Crippen LogP contribution is -2.23. The van der Waals surface area contributed by atoms with Crippen LogP contribution >= 0.6 is 11.6 Å². The molecule has 0 fully saturated rings. The van der Waals surface area contributed by atoms with Crippen molar-refractivity contribution < 1.29 is 14.3 Å². The zero-order valence-corrected chi connectivity index (χ0v) is 9.95. The molecular weight excluding hydrogens is 228 g/mol. The molecule has 3 nitrogen and oxygen atoms in total. The average Bonchev–Trinajstić information content (AvgIpc) is 2.28. The molecule has 0 aliphatic rings. The fourth-order valence-corrected chi connectivity index (χ4v) is 1.50. The van der Waals surface area contributed by atoms with Gasteiger partial charge < -0.3 is 4.74 Å². The number of carbonyl (C=O) groups is 2. The van der Waals surface area contributed by atoms with Gasteiger partial charge in [0.1, 0.15) is 5.92 Å². The largest absolute Gasteiger partial charge is 0.465 e. The number of hydrogen-bond acceptors (Lipinski definition) is 3. The van der Waals surface area contributed by atoms with E-state index in [1.165, 1.54) is 6.92 Å². The monoisotopic (exact) mass is 240 g/mol. The van der Waals surface area contributed by atoms with Gasteiger partial charge in [0, 0.05) is 5.56 Å². The van der Waals surface area contributed by atoms with E-state index in [-0.39, 0.29) is 12.4 Å². The maximum Gasteiger partial charge on any atom is 0.316 e. The number of rotatable bonds is 4. The van der Waals surface area contributed by atoms with Gasteiger partial charge in [0.05, 0.1) is 11.6 Å². The molecule has 1 atom stereocenters. The summed E-state index contributed by atoms with van der Waals surface area (Å²) in [4.78, 5) is 23.3. The molecular formula is C12H13ClO3. The zero-order valence-electron chi connectivity index (χ0n) is 9.20. The number of esters is 1. The van der Waals surface area contributed by atoms with Crippen molar-refractivity contribution in [3.05, 3.63) is 34.9 Å². The van der Waals surface area contributed by atoms with Gasteiger partial charge in [-0.05, 0) is 26.0 Å². The van der Waals surface area contributed by atoms with Gasteiger partial charge >= 0.3 is 5.97 Å². The molecule has 1 unspecified atom stereocenters. The molecule has 0 bridgehead atoms. The molecule has 0 N–H and O–H groups in total. The Kier molecular flexibility index (Phi) is 4.50. The molecule has 0 radical (unpaired) electrons. The van der Waals surface area contributed by atoms with Crippen LogP contribution in [-0.4, -0.2) is 18.4 Å². The van der Waals surface area contributed by atoms with Crippen LogP contribution in [0.15, 0.2) is 24.3 Å². The van der Waals surface area contributed by atoms with Crippen LogP contribution < -0.4 is 0 Å². The number of halogens is 1. The van der Waals surface area contributed by atoms with E-state index in [0.29, 0.717) is 10.6 Å². The Balaban J connectivity index is 2.86. The summed E-state index contributed by atoms with van der Waals surface area (Å²) in [6, 6.07) is 6.65. The molecule has 1 rings (SSSR count). The van der Waals surface area contributed by atoms with E-state index in [9.17, 15) is 9.59 Å². The smallest absolute Gasteiger partial charge is 0.316 e. The van der Waals surface area contributed by atoms with Crippen LogP contribution in [0, 0.1) is 5.92 Å². The van der Waals surface area contributed by atoms with E-state index in [1.54, 1.807) is 31.2 Å². The molecule has 1 aromatic rings. The summed E-state index contributed by atoms with van der Waals surface area (Å²) in [7, 11) is 0. The highest BCUT2D eigenvalue weighted by atomic mass is 35.5. The van der Waals surface area contributed by atoms with Crippen LogP contribution in [0.2, 0.25) is 5.02 Å². The topological polar surface area (TPSA) is 43.4 Å².